The van der Waals surface area contributed by atoms with Gasteiger partial charge in [-0.25, -0.2) is 0 Å². The molecule has 3 nitrogen and oxygen atoms in total. The topological polar surface area (TPSA) is 28.4 Å². The van der Waals surface area contributed by atoms with Gasteiger partial charge in [0.1, 0.15) is 11.3 Å². The van der Waals surface area contributed by atoms with E-state index in [1.165, 1.54) is 30.2 Å². The third-order valence-corrected chi connectivity index (χ3v) is 3.95. The van der Waals surface area contributed by atoms with E-state index in [9.17, 15) is 0 Å². The second-order valence-corrected chi connectivity index (χ2v) is 5.89. The molecule has 1 N–H and O–H groups in total. The van der Waals surface area contributed by atoms with Crippen LogP contribution in [0.25, 0.3) is 11.0 Å². The molecule has 0 atom stereocenters. The molecule has 1 aromatic heterocycles. The lowest BCUT2D eigenvalue weighted by Gasteiger charge is -2.14. The van der Waals surface area contributed by atoms with Crippen LogP contribution in [0.5, 0.6) is 0 Å². The number of para-hydroxylation sites is 1. The highest BCUT2D eigenvalue weighted by molar-refractivity contribution is 5.82. The first-order valence-corrected chi connectivity index (χ1v) is 7.69. The third kappa shape index (κ3) is 3.05. The Morgan fingerprint density at radius 2 is 2.10 bits per heavy atom. The van der Waals surface area contributed by atoms with Crippen molar-refractivity contribution in [2.24, 2.45) is 0 Å². The van der Waals surface area contributed by atoms with Crippen LogP contribution in [-0.4, -0.2) is 24.5 Å². The van der Waals surface area contributed by atoms with Gasteiger partial charge in [-0.15, -0.1) is 0 Å². The Morgan fingerprint density at radius 3 is 2.85 bits per heavy atom. The van der Waals surface area contributed by atoms with Crippen LogP contribution in [0, 0.1) is 0 Å². The van der Waals surface area contributed by atoms with E-state index in [0.717, 1.165) is 37.0 Å². The standard InChI is InChI=1S/C17H24N2O/c1-3-10-19(2)12-17-15(11-18-13-8-9-13)14-6-4-5-7-16(14)20-17/h4-7,13,18H,3,8-12H2,1-2H3. The Balaban J connectivity index is 1.85. The summed E-state index contributed by atoms with van der Waals surface area (Å²) in [5.41, 5.74) is 2.36. The molecule has 1 aliphatic carbocycles. The van der Waals surface area contributed by atoms with Crippen LogP contribution < -0.4 is 5.32 Å². The lowest BCUT2D eigenvalue weighted by molar-refractivity contribution is 0.297. The quantitative estimate of drug-likeness (QED) is 0.836. The number of furan rings is 1. The van der Waals surface area contributed by atoms with E-state index in [0.29, 0.717) is 0 Å². The molecule has 0 bridgehead atoms. The van der Waals surface area contributed by atoms with Gasteiger partial charge in [-0.3, -0.25) is 4.90 Å². The van der Waals surface area contributed by atoms with E-state index in [1.54, 1.807) is 0 Å². The van der Waals surface area contributed by atoms with E-state index < -0.39 is 0 Å². The van der Waals surface area contributed by atoms with Crippen molar-refractivity contribution in [3.05, 3.63) is 35.6 Å². The van der Waals surface area contributed by atoms with Gasteiger partial charge in [0.2, 0.25) is 0 Å². The van der Waals surface area contributed by atoms with Crippen molar-refractivity contribution in [3.8, 4) is 0 Å². The maximum Gasteiger partial charge on any atom is 0.134 e. The third-order valence-electron chi connectivity index (χ3n) is 3.95. The summed E-state index contributed by atoms with van der Waals surface area (Å²) in [5.74, 6) is 1.12. The number of nitrogens with one attached hydrogen (secondary N) is 1. The molecule has 3 rings (SSSR count). The minimum atomic E-state index is 0.727. The first kappa shape index (κ1) is 13.7. The molecule has 3 heteroatoms. The Labute approximate surface area is 120 Å². The predicted molar refractivity (Wildman–Crippen MR) is 82.7 cm³/mol. The second kappa shape index (κ2) is 5.98. The Hall–Kier alpha value is -1.32. The summed E-state index contributed by atoms with van der Waals surface area (Å²) in [6, 6.07) is 9.11. The first-order chi connectivity index (χ1) is 9.78. The second-order valence-electron chi connectivity index (χ2n) is 5.89. The fraction of sp³-hybridized carbons (Fsp3) is 0.529. The molecular formula is C17H24N2O. The smallest absolute Gasteiger partial charge is 0.134 e. The summed E-state index contributed by atoms with van der Waals surface area (Å²) in [5, 5.41) is 4.88. The molecule has 108 valence electrons. The molecule has 1 aromatic carbocycles. The molecule has 1 saturated carbocycles. The van der Waals surface area contributed by atoms with E-state index in [-0.39, 0.29) is 0 Å². The highest BCUT2D eigenvalue weighted by Gasteiger charge is 2.22. The van der Waals surface area contributed by atoms with Crippen LogP contribution in [-0.2, 0) is 13.1 Å². The molecule has 1 fully saturated rings. The van der Waals surface area contributed by atoms with Gasteiger partial charge in [0.25, 0.3) is 0 Å². The molecule has 1 aliphatic rings. The fourth-order valence-corrected chi connectivity index (χ4v) is 2.71. The van der Waals surface area contributed by atoms with Crippen molar-refractivity contribution in [2.75, 3.05) is 13.6 Å². The molecule has 0 saturated heterocycles. The highest BCUT2D eigenvalue weighted by Crippen LogP contribution is 2.28. The summed E-state index contributed by atoms with van der Waals surface area (Å²) >= 11 is 0. The van der Waals surface area contributed by atoms with Gasteiger partial charge in [-0.05, 0) is 38.9 Å². The van der Waals surface area contributed by atoms with Crippen LogP contribution in [0.15, 0.2) is 28.7 Å². The van der Waals surface area contributed by atoms with E-state index in [2.05, 4.69) is 42.4 Å². The van der Waals surface area contributed by atoms with Crippen LogP contribution >= 0.6 is 0 Å². The molecule has 0 aliphatic heterocycles. The molecule has 0 spiro atoms. The van der Waals surface area contributed by atoms with Crippen molar-refractivity contribution in [1.82, 2.24) is 10.2 Å². The zero-order chi connectivity index (χ0) is 13.9. The molecule has 1 heterocycles. The Morgan fingerprint density at radius 1 is 1.30 bits per heavy atom. The monoisotopic (exact) mass is 272 g/mol. The maximum atomic E-state index is 6.09. The van der Waals surface area contributed by atoms with Gasteiger partial charge in [-0.2, -0.15) is 0 Å². The molecule has 0 radical (unpaired) electrons. The van der Waals surface area contributed by atoms with Crippen molar-refractivity contribution in [3.63, 3.8) is 0 Å². The number of benzene rings is 1. The normalized spacial score (nSPS) is 15.3. The lowest BCUT2D eigenvalue weighted by Crippen LogP contribution is -2.21. The number of rotatable bonds is 7. The van der Waals surface area contributed by atoms with Crippen molar-refractivity contribution in [1.29, 1.82) is 0 Å². The zero-order valence-corrected chi connectivity index (χ0v) is 12.5. The average molecular weight is 272 g/mol. The van der Waals surface area contributed by atoms with Crippen molar-refractivity contribution in [2.45, 2.75) is 45.3 Å². The van der Waals surface area contributed by atoms with Crippen LogP contribution in [0.4, 0.5) is 0 Å². The Kier molecular flexibility index (Phi) is 4.08. The summed E-state index contributed by atoms with van der Waals surface area (Å²) in [6.45, 7) is 5.14. The maximum absolute atomic E-state index is 6.09. The predicted octanol–water partition coefficient (Wildman–Crippen LogP) is 3.53. The van der Waals surface area contributed by atoms with Gasteiger partial charge in [-0.1, -0.05) is 25.1 Å². The molecule has 20 heavy (non-hydrogen) atoms. The summed E-state index contributed by atoms with van der Waals surface area (Å²) in [4.78, 5) is 2.33. The summed E-state index contributed by atoms with van der Waals surface area (Å²) in [6.07, 6.45) is 3.81. The SMILES string of the molecule is CCCN(C)Cc1oc2ccccc2c1CNC1CC1. The van der Waals surface area contributed by atoms with Gasteiger partial charge in [0.15, 0.2) is 0 Å². The number of fused-ring (bicyclic) bond motifs is 1. The molecule has 0 unspecified atom stereocenters. The van der Waals surface area contributed by atoms with Crippen LogP contribution in [0.1, 0.15) is 37.5 Å². The molecular weight excluding hydrogens is 248 g/mol. The molecule has 2 aromatic rings. The Bertz CT molecular complexity index is 571. The highest BCUT2D eigenvalue weighted by atomic mass is 16.3. The minimum Gasteiger partial charge on any atom is -0.459 e. The number of hydrogen-bond acceptors (Lipinski definition) is 3. The van der Waals surface area contributed by atoms with Gasteiger partial charge in [0.05, 0.1) is 6.54 Å². The minimum absolute atomic E-state index is 0.727. The van der Waals surface area contributed by atoms with Crippen molar-refractivity contribution >= 4 is 11.0 Å². The zero-order valence-electron chi connectivity index (χ0n) is 12.5. The van der Waals surface area contributed by atoms with Crippen LogP contribution in [0.2, 0.25) is 0 Å². The van der Waals surface area contributed by atoms with E-state index in [4.69, 9.17) is 4.42 Å². The summed E-state index contributed by atoms with van der Waals surface area (Å²) in [7, 11) is 2.16. The number of hydrogen-bond donors (Lipinski definition) is 1. The summed E-state index contributed by atoms with van der Waals surface area (Å²) < 4.78 is 6.09. The largest absolute Gasteiger partial charge is 0.459 e. The first-order valence-electron chi connectivity index (χ1n) is 7.69. The molecule has 0 amide bonds. The van der Waals surface area contributed by atoms with Gasteiger partial charge in [0, 0.05) is 23.5 Å². The van der Waals surface area contributed by atoms with Crippen LogP contribution in [0.3, 0.4) is 0 Å². The number of nitrogens with zero attached hydrogens (tertiary/aromatic N) is 1. The fourth-order valence-electron chi connectivity index (χ4n) is 2.71. The van der Waals surface area contributed by atoms with E-state index >= 15 is 0 Å². The van der Waals surface area contributed by atoms with Gasteiger partial charge >= 0.3 is 0 Å². The van der Waals surface area contributed by atoms with Crippen molar-refractivity contribution < 1.29 is 4.42 Å². The lowest BCUT2D eigenvalue weighted by atomic mass is 10.1. The van der Waals surface area contributed by atoms with Gasteiger partial charge < -0.3 is 9.73 Å². The average Bonchev–Trinajstić information content (AvgIpc) is 3.19. The van der Waals surface area contributed by atoms with E-state index in [1.807, 2.05) is 6.07 Å².